The highest BCUT2D eigenvalue weighted by Crippen LogP contribution is 2.23. The fourth-order valence-electron chi connectivity index (χ4n) is 2.02. The summed E-state index contributed by atoms with van der Waals surface area (Å²) in [5.74, 6) is -0.139. The first-order valence-corrected chi connectivity index (χ1v) is 8.90. The summed E-state index contributed by atoms with van der Waals surface area (Å²) < 4.78 is 5.85. The van der Waals surface area contributed by atoms with Crippen LogP contribution in [0.15, 0.2) is 24.3 Å². The van der Waals surface area contributed by atoms with Gasteiger partial charge in [-0.3, -0.25) is 0 Å². The molecule has 0 spiro atoms. The Morgan fingerprint density at radius 2 is 1.65 bits per heavy atom. The zero-order valence-electron chi connectivity index (χ0n) is 11.2. The Balaban J connectivity index is 2.89. The molecule has 0 bridgehead atoms. The van der Waals surface area contributed by atoms with Gasteiger partial charge in [0.25, 0.3) is 8.32 Å². The molecule has 1 aromatic rings. The van der Waals surface area contributed by atoms with E-state index in [1.54, 1.807) is 0 Å². The molecule has 1 aromatic carbocycles. The average Bonchev–Trinajstić information content (AvgIpc) is 2.36. The van der Waals surface area contributed by atoms with Gasteiger partial charge in [0.2, 0.25) is 0 Å². The maximum Gasteiger partial charge on any atom is 0.325 e. The monoisotopic (exact) mass is 250 g/mol. The normalized spacial score (nSPS) is 11.3. The fraction of sp³-hybridized carbons (Fsp3) is 0.500. The summed E-state index contributed by atoms with van der Waals surface area (Å²) in [5, 5.41) is 0. The summed E-state index contributed by atoms with van der Waals surface area (Å²) in [4.78, 5) is 12.2. The lowest BCUT2D eigenvalue weighted by Crippen LogP contribution is -2.38. The van der Waals surface area contributed by atoms with E-state index in [4.69, 9.17) is 4.43 Å². The minimum absolute atomic E-state index is 0.139. The van der Waals surface area contributed by atoms with Gasteiger partial charge in [0.1, 0.15) is 0 Å². The highest BCUT2D eigenvalue weighted by Gasteiger charge is 2.33. The first kappa shape index (κ1) is 14.0. The standard InChI is InChI=1S/C14H22O2Si/c1-5-17(6-2,7-3)16-14(15)13-11-9-8-10-12(13)4/h8-11H,5-7H2,1-4H3. The number of carbonyl (C=O) groups is 1. The van der Waals surface area contributed by atoms with Crippen molar-refractivity contribution in [1.29, 1.82) is 0 Å². The summed E-state index contributed by atoms with van der Waals surface area (Å²) in [6.07, 6.45) is 0. The van der Waals surface area contributed by atoms with E-state index in [0.29, 0.717) is 5.56 Å². The molecule has 2 nitrogen and oxygen atoms in total. The van der Waals surface area contributed by atoms with Crippen molar-refractivity contribution in [2.45, 2.75) is 45.8 Å². The highest BCUT2D eigenvalue weighted by atomic mass is 28.4. The minimum atomic E-state index is -1.84. The molecule has 0 aromatic heterocycles. The minimum Gasteiger partial charge on any atom is -0.516 e. The van der Waals surface area contributed by atoms with Crippen LogP contribution in [0.5, 0.6) is 0 Å². The first-order chi connectivity index (χ1) is 8.08. The van der Waals surface area contributed by atoms with Crippen molar-refractivity contribution in [2.75, 3.05) is 0 Å². The zero-order chi connectivity index (χ0) is 12.9. The SMILES string of the molecule is CC[Si](CC)(CC)OC(=O)c1ccccc1C. The summed E-state index contributed by atoms with van der Waals surface area (Å²) in [5.41, 5.74) is 1.70. The molecular weight excluding hydrogens is 228 g/mol. The summed E-state index contributed by atoms with van der Waals surface area (Å²) in [6.45, 7) is 8.34. The van der Waals surface area contributed by atoms with E-state index in [-0.39, 0.29) is 5.97 Å². The molecule has 17 heavy (non-hydrogen) atoms. The molecule has 0 aliphatic carbocycles. The average molecular weight is 250 g/mol. The zero-order valence-corrected chi connectivity index (χ0v) is 12.2. The van der Waals surface area contributed by atoms with Crippen molar-refractivity contribution >= 4 is 14.3 Å². The van der Waals surface area contributed by atoms with Crippen LogP contribution in [0.25, 0.3) is 0 Å². The smallest absolute Gasteiger partial charge is 0.325 e. The Hall–Kier alpha value is -1.09. The van der Waals surface area contributed by atoms with Gasteiger partial charge in [-0.15, -0.1) is 0 Å². The van der Waals surface area contributed by atoms with Crippen LogP contribution in [0.4, 0.5) is 0 Å². The largest absolute Gasteiger partial charge is 0.516 e. The molecule has 0 fully saturated rings. The topological polar surface area (TPSA) is 26.3 Å². The van der Waals surface area contributed by atoms with Crippen LogP contribution in [-0.4, -0.2) is 14.3 Å². The van der Waals surface area contributed by atoms with E-state index in [2.05, 4.69) is 20.8 Å². The molecule has 0 aliphatic rings. The second-order valence-electron chi connectivity index (χ2n) is 4.45. The molecule has 0 amide bonds. The molecule has 0 heterocycles. The van der Waals surface area contributed by atoms with Gasteiger partial charge in [-0.1, -0.05) is 39.0 Å². The van der Waals surface area contributed by atoms with Crippen molar-refractivity contribution < 1.29 is 9.22 Å². The van der Waals surface area contributed by atoms with E-state index in [1.807, 2.05) is 31.2 Å². The van der Waals surface area contributed by atoms with Crippen molar-refractivity contribution in [3.63, 3.8) is 0 Å². The molecule has 3 heteroatoms. The molecule has 0 N–H and O–H groups in total. The second kappa shape index (κ2) is 6.01. The number of carbonyl (C=O) groups excluding carboxylic acids is 1. The fourth-order valence-corrected chi connectivity index (χ4v) is 4.46. The number of aryl methyl sites for hydroxylation is 1. The van der Waals surface area contributed by atoms with Crippen LogP contribution in [0, 0.1) is 6.92 Å². The van der Waals surface area contributed by atoms with Crippen molar-refractivity contribution in [3.8, 4) is 0 Å². The molecule has 1 rings (SSSR count). The van der Waals surface area contributed by atoms with Gasteiger partial charge >= 0.3 is 5.97 Å². The Morgan fingerprint density at radius 3 is 2.12 bits per heavy atom. The third-order valence-corrected chi connectivity index (χ3v) is 8.09. The predicted molar refractivity (Wildman–Crippen MR) is 73.8 cm³/mol. The van der Waals surface area contributed by atoms with Gasteiger partial charge in [-0.25, -0.2) is 4.79 Å². The van der Waals surface area contributed by atoms with Crippen LogP contribution >= 0.6 is 0 Å². The molecular formula is C14H22O2Si. The Labute approximate surface area is 105 Å². The molecule has 0 saturated carbocycles. The van der Waals surface area contributed by atoms with Crippen LogP contribution in [0.2, 0.25) is 18.1 Å². The third kappa shape index (κ3) is 3.19. The maximum atomic E-state index is 12.2. The Kier molecular flexibility index (Phi) is 4.94. The molecule has 0 atom stereocenters. The van der Waals surface area contributed by atoms with Gasteiger partial charge in [-0.05, 0) is 36.7 Å². The van der Waals surface area contributed by atoms with Gasteiger partial charge in [0.15, 0.2) is 0 Å². The quantitative estimate of drug-likeness (QED) is 0.734. The lowest BCUT2D eigenvalue weighted by molar-refractivity contribution is 0.0716. The first-order valence-electron chi connectivity index (χ1n) is 6.37. The number of hydrogen-bond acceptors (Lipinski definition) is 2. The lowest BCUT2D eigenvalue weighted by Gasteiger charge is -2.27. The van der Waals surface area contributed by atoms with Crippen LogP contribution < -0.4 is 0 Å². The Morgan fingerprint density at radius 1 is 1.12 bits per heavy atom. The van der Waals surface area contributed by atoms with Gasteiger partial charge in [0, 0.05) is 0 Å². The van der Waals surface area contributed by atoms with E-state index in [0.717, 1.165) is 23.7 Å². The van der Waals surface area contributed by atoms with Gasteiger partial charge in [-0.2, -0.15) is 0 Å². The molecule has 0 saturated heterocycles. The van der Waals surface area contributed by atoms with E-state index >= 15 is 0 Å². The lowest BCUT2D eigenvalue weighted by atomic mass is 10.1. The molecule has 0 radical (unpaired) electrons. The molecule has 94 valence electrons. The van der Waals surface area contributed by atoms with E-state index in [9.17, 15) is 4.79 Å². The van der Waals surface area contributed by atoms with Crippen molar-refractivity contribution in [3.05, 3.63) is 35.4 Å². The van der Waals surface area contributed by atoms with Crippen molar-refractivity contribution in [1.82, 2.24) is 0 Å². The van der Waals surface area contributed by atoms with Crippen LogP contribution in [0.3, 0.4) is 0 Å². The second-order valence-corrected chi connectivity index (χ2v) is 9.14. The number of hydrogen-bond donors (Lipinski definition) is 0. The Bertz CT molecular complexity index is 375. The number of rotatable bonds is 5. The summed E-state index contributed by atoms with van der Waals surface area (Å²) in [6, 6.07) is 10.6. The van der Waals surface area contributed by atoms with Crippen molar-refractivity contribution in [2.24, 2.45) is 0 Å². The maximum absolute atomic E-state index is 12.2. The van der Waals surface area contributed by atoms with Crippen LogP contribution in [-0.2, 0) is 4.43 Å². The van der Waals surface area contributed by atoms with Gasteiger partial charge < -0.3 is 4.43 Å². The van der Waals surface area contributed by atoms with Crippen LogP contribution in [0.1, 0.15) is 36.7 Å². The number of benzene rings is 1. The summed E-state index contributed by atoms with van der Waals surface area (Å²) >= 11 is 0. The third-order valence-electron chi connectivity index (χ3n) is 3.61. The van der Waals surface area contributed by atoms with E-state index < -0.39 is 8.32 Å². The molecule has 0 unspecified atom stereocenters. The molecule has 0 aliphatic heterocycles. The summed E-state index contributed by atoms with van der Waals surface area (Å²) in [7, 11) is -1.84. The van der Waals surface area contributed by atoms with Gasteiger partial charge in [0.05, 0.1) is 5.56 Å². The highest BCUT2D eigenvalue weighted by molar-refractivity contribution is 6.75. The van der Waals surface area contributed by atoms with E-state index in [1.165, 1.54) is 0 Å². The predicted octanol–water partition coefficient (Wildman–Crippen LogP) is 4.16.